The average molecular weight is 371 g/mol. The maximum absolute atomic E-state index is 12.7. The van der Waals surface area contributed by atoms with Gasteiger partial charge in [0.15, 0.2) is 5.69 Å². The van der Waals surface area contributed by atoms with Crippen LogP contribution in [0.1, 0.15) is 16.1 Å². The van der Waals surface area contributed by atoms with Crippen LogP contribution in [0.5, 0.6) is 5.75 Å². The molecule has 3 aromatic rings. The van der Waals surface area contributed by atoms with E-state index in [9.17, 15) is 9.90 Å². The third-order valence-electron chi connectivity index (χ3n) is 4.11. The smallest absolute Gasteiger partial charge is 0.274 e. The monoisotopic (exact) mass is 371 g/mol. The molecule has 3 aromatic heterocycles. The van der Waals surface area contributed by atoms with Gasteiger partial charge in [0.1, 0.15) is 5.75 Å². The van der Waals surface area contributed by atoms with E-state index in [-0.39, 0.29) is 5.91 Å². The first-order chi connectivity index (χ1) is 12.6. The van der Waals surface area contributed by atoms with Crippen LogP contribution < -0.4 is 10.1 Å². The van der Waals surface area contributed by atoms with Gasteiger partial charge in [-0.1, -0.05) is 0 Å². The molecule has 26 heavy (non-hydrogen) atoms. The molecule has 8 nitrogen and oxygen atoms in total. The van der Waals surface area contributed by atoms with E-state index in [1.54, 1.807) is 24.4 Å². The van der Waals surface area contributed by atoms with Crippen LogP contribution in [0.15, 0.2) is 29.9 Å². The highest BCUT2D eigenvalue weighted by molar-refractivity contribution is 7.17. The largest absolute Gasteiger partial charge is 0.495 e. The predicted octanol–water partition coefficient (Wildman–Crippen LogP) is 1.52. The van der Waals surface area contributed by atoms with E-state index in [4.69, 9.17) is 4.74 Å². The third kappa shape index (κ3) is 3.18. The number of fused-ring (bicyclic) bond motifs is 1. The zero-order chi connectivity index (χ0) is 18.1. The number of aromatic nitrogens is 3. The number of methoxy groups -OCH3 is 1. The molecule has 0 atom stereocenters. The Hall–Kier alpha value is -2.78. The van der Waals surface area contributed by atoms with Gasteiger partial charge in [-0.25, -0.2) is 9.97 Å². The maximum atomic E-state index is 12.7. The highest BCUT2D eigenvalue weighted by atomic mass is 32.1. The molecule has 0 aromatic carbocycles. The fourth-order valence-corrected chi connectivity index (χ4v) is 3.52. The SMILES string of the molecule is COc1cncc(CNc2nc(C(=O)N3CC(O)C3)c3sccc3n2)c1. The molecule has 0 radical (unpaired) electrons. The van der Waals surface area contributed by atoms with Gasteiger partial charge in [0.25, 0.3) is 5.91 Å². The summed E-state index contributed by atoms with van der Waals surface area (Å²) < 4.78 is 5.92. The van der Waals surface area contributed by atoms with Crippen LogP contribution in [-0.2, 0) is 6.54 Å². The molecule has 0 spiro atoms. The number of hydrogen-bond donors (Lipinski definition) is 2. The van der Waals surface area contributed by atoms with Gasteiger partial charge >= 0.3 is 0 Å². The lowest BCUT2D eigenvalue weighted by molar-refractivity contribution is 0.00567. The van der Waals surface area contributed by atoms with Crippen LogP contribution in [-0.4, -0.2) is 57.2 Å². The van der Waals surface area contributed by atoms with Crippen molar-refractivity contribution in [2.45, 2.75) is 12.6 Å². The number of anilines is 1. The van der Waals surface area contributed by atoms with Gasteiger partial charge in [-0.15, -0.1) is 11.3 Å². The van der Waals surface area contributed by atoms with E-state index in [0.29, 0.717) is 37.0 Å². The molecule has 1 aliphatic heterocycles. The summed E-state index contributed by atoms with van der Waals surface area (Å²) in [5.41, 5.74) is 2.00. The number of thiophene rings is 1. The van der Waals surface area contributed by atoms with Crippen molar-refractivity contribution in [3.63, 3.8) is 0 Å². The Morgan fingerprint density at radius 1 is 1.42 bits per heavy atom. The number of aliphatic hydroxyl groups excluding tert-OH is 1. The summed E-state index contributed by atoms with van der Waals surface area (Å²) in [6, 6.07) is 3.73. The Kier molecular flexibility index (Phi) is 4.39. The minimum atomic E-state index is -0.447. The van der Waals surface area contributed by atoms with E-state index >= 15 is 0 Å². The molecule has 1 amide bonds. The lowest BCUT2D eigenvalue weighted by Crippen LogP contribution is -2.53. The fraction of sp³-hybridized carbons (Fsp3) is 0.294. The standard InChI is InChI=1S/C17H17N5O3S/c1-25-12-4-10(5-18-7-12)6-19-17-20-13-2-3-26-15(13)14(21-17)16(24)22-8-11(23)9-22/h2-5,7,11,23H,6,8-9H2,1H3,(H,19,20,21). The van der Waals surface area contributed by atoms with Crippen molar-refractivity contribution in [3.05, 3.63) is 41.2 Å². The molecular formula is C17H17N5O3S. The van der Waals surface area contributed by atoms with Crippen molar-refractivity contribution in [2.24, 2.45) is 0 Å². The van der Waals surface area contributed by atoms with Crippen LogP contribution in [0.2, 0.25) is 0 Å². The second kappa shape index (κ2) is 6.85. The van der Waals surface area contributed by atoms with E-state index in [0.717, 1.165) is 15.8 Å². The number of amides is 1. The summed E-state index contributed by atoms with van der Waals surface area (Å²) in [5, 5.41) is 14.5. The molecule has 4 heterocycles. The van der Waals surface area contributed by atoms with Crippen LogP contribution in [0.4, 0.5) is 5.95 Å². The number of pyridine rings is 1. The first-order valence-corrected chi connectivity index (χ1v) is 8.96. The average Bonchev–Trinajstić information content (AvgIpc) is 3.11. The number of ether oxygens (including phenoxy) is 1. The Labute approximate surface area is 153 Å². The zero-order valence-corrected chi connectivity index (χ0v) is 14.9. The summed E-state index contributed by atoms with van der Waals surface area (Å²) in [5.74, 6) is 0.866. The molecule has 4 rings (SSSR count). The molecule has 1 saturated heterocycles. The van der Waals surface area contributed by atoms with Crippen LogP contribution in [0, 0.1) is 0 Å². The normalized spacial score (nSPS) is 14.3. The van der Waals surface area contributed by atoms with E-state index in [2.05, 4.69) is 20.3 Å². The maximum Gasteiger partial charge on any atom is 0.274 e. The van der Waals surface area contributed by atoms with Crippen molar-refractivity contribution in [1.29, 1.82) is 0 Å². The number of carbonyl (C=O) groups excluding carboxylic acids is 1. The minimum absolute atomic E-state index is 0.184. The summed E-state index contributed by atoms with van der Waals surface area (Å²) in [6.07, 6.45) is 2.92. The van der Waals surface area contributed by atoms with Gasteiger partial charge in [-0.05, 0) is 23.1 Å². The summed E-state index contributed by atoms with van der Waals surface area (Å²) >= 11 is 1.43. The lowest BCUT2D eigenvalue weighted by atomic mass is 10.1. The number of nitrogens with zero attached hydrogens (tertiary/aromatic N) is 4. The first kappa shape index (κ1) is 16.7. The van der Waals surface area contributed by atoms with Crippen molar-refractivity contribution >= 4 is 33.4 Å². The van der Waals surface area contributed by atoms with Crippen LogP contribution in [0.3, 0.4) is 0 Å². The quantitative estimate of drug-likeness (QED) is 0.701. The molecule has 0 bridgehead atoms. The lowest BCUT2D eigenvalue weighted by Gasteiger charge is -2.35. The number of carbonyl (C=O) groups is 1. The zero-order valence-electron chi connectivity index (χ0n) is 14.0. The number of aliphatic hydroxyl groups is 1. The van der Waals surface area contributed by atoms with Gasteiger partial charge in [-0.2, -0.15) is 0 Å². The Morgan fingerprint density at radius 2 is 2.27 bits per heavy atom. The van der Waals surface area contributed by atoms with Crippen LogP contribution >= 0.6 is 11.3 Å². The van der Waals surface area contributed by atoms with E-state index < -0.39 is 6.10 Å². The first-order valence-electron chi connectivity index (χ1n) is 8.08. The molecule has 2 N–H and O–H groups in total. The second-order valence-electron chi connectivity index (χ2n) is 5.98. The Balaban J connectivity index is 1.58. The number of rotatable bonds is 5. The fourth-order valence-electron chi connectivity index (χ4n) is 2.71. The molecule has 1 aliphatic rings. The molecule has 1 fully saturated rings. The second-order valence-corrected chi connectivity index (χ2v) is 6.90. The highest BCUT2D eigenvalue weighted by Crippen LogP contribution is 2.26. The molecule has 134 valence electrons. The number of β-amino-alcohol motifs (C(OH)–C–C–N with tert-alkyl or cyclic N) is 1. The summed E-state index contributed by atoms with van der Waals surface area (Å²) in [4.78, 5) is 27.3. The summed E-state index contributed by atoms with van der Waals surface area (Å²) in [6.45, 7) is 1.14. The van der Waals surface area contributed by atoms with Gasteiger partial charge in [-0.3, -0.25) is 9.78 Å². The molecule has 9 heteroatoms. The van der Waals surface area contributed by atoms with Crippen molar-refractivity contribution in [3.8, 4) is 5.75 Å². The minimum Gasteiger partial charge on any atom is -0.495 e. The van der Waals surface area contributed by atoms with Crippen molar-refractivity contribution in [2.75, 3.05) is 25.5 Å². The molecular weight excluding hydrogens is 354 g/mol. The Morgan fingerprint density at radius 3 is 3.04 bits per heavy atom. The van der Waals surface area contributed by atoms with Gasteiger partial charge < -0.3 is 20.1 Å². The van der Waals surface area contributed by atoms with E-state index in [1.165, 1.54) is 11.3 Å². The van der Waals surface area contributed by atoms with E-state index in [1.807, 2.05) is 17.5 Å². The molecule has 0 unspecified atom stereocenters. The third-order valence-corrected chi connectivity index (χ3v) is 5.02. The van der Waals surface area contributed by atoms with Gasteiger partial charge in [0.2, 0.25) is 5.95 Å². The van der Waals surface area contributed by atoms with Crippen molar-refractivity contribution in [1.82, 2.24) is 19.9 Å². The molecule has 0 saturated carbocycles. The predicted molar refractivity (Wildman–Crippen MR) is 97.4 cm³/mol. The Bertz CT molecular complexity index is 954. The van der Waals surface area contributed by atoms with Crippen molar-refractivity contribution < 1.29 is 14.6 Å². The number of hydrogen-bond acceptors (Lipinski definition) is 8. The highest BCUT2D eigenvalue weighted by Gasteiger charge is 2.31. The van der Waals surface area contributed by atoms with Gasteiger partial charge in [0, 0.05) is 25.8 Å². The van der Waals surface area contributed by atoms with Crippen LogP contribution in [0.25, 0.3) is 10.2 Å². The number of likely N-dealkylation sites (tertiary alicyclic amines) is 1. The van der Waals surface area contributed by atoms with Gasteiger partial charge in [0.05, 0.1) is 29.6 Å². The number of nitrogens with one attached hydrogen (secondary N) is 1. The summed E-state index contributed by atoms with van der Waals surface area (Å²) in [7, 11) is 1.59. The topological polar surface area (TPSA) is 100 Å². The molecule has 0 aliphatic carbocycles.